The fourth-order valence-corrected chi connectivity index (χ4v) is 3.04. The first-order chi connectivity index (χ1) is 8.61. The van der Waals surface area contributed by atoms with Crippen LogP contribution in [0.1, 0.15) is 22.3 Å². The highest BCUT2D eigenvalue weighted by molar-refractivity contribution is 9.10. The van der Waals surface area contributed by atoms with Crippen LogP contribution in [0, 0.1) is 0 Å². The number of aryl methyl sites for hydroxylation is 1. The maximum atomic E-state index is 12.4. The van der Waals surface area contributed by atoms with E-state index in [-0.39, 0.29) is 5.91 Å². The molecular formula is C13H15BrN2OS. The Morgan fingerprint density at radius 3 is 2.94 bits per heavy atom. The van der Waals surface area contributed by atoms with Crippen LogP contribution < -0.4 is 0 Å². The largest absolute Gasteiger partial charge is 0.343 e. The van der Waals surface area contributed by atoms with Crippen LogP contribution in [0.4, 0.5) is 0 Å². The molecule has 0 fully saturated rings. The molecule has 96 valence electrons. The molecule has 3 nitrogen and oxygen atoms in total. The molecule has 0 unspecified atom stereocenters. The monoisotopic (exact) mass is 326 g/mol. The lowest BCUT2D eigenvalue weighted by atomic mass is 10.3. The first-order valence-electron chi connectivity index (χ1n) is 5.75. The summed E-state index contributed by atoms with van der Waals surface area (Å²) in [6, 6.07) is 5.92. The topological polar surface area (TPSA) is 25.2 Å². The minimum atomic E-state index is 0.0518. The zero-order valence-corrected chi connectivity index (χ0v) is 12.8. The Morgan fingerprint density at radius 1 is 1.56 bits per heavy atom. The molecule has 0 aromatic carbocycles. The van der Waals surface area contributed by atoms with E-state index in [1.165, 1.54) is 4.88 Å². The fourth-order valence-electron chi connectivity index (χ4n) is 1.82. The van der Waals surface area contributed by atoms with Gasteiger partial charge in [-0.15, -0.1) is 11.3 Å². The van der Waals surface area contributed by atoms with Gasteiger partial charge in [-0.1, -0.05) is 6.07 Å². The quantitative estimate of drug-likeness (QED) is 0.842. The van der Waals surface area contributed by atoms with E-state index >= 15 is 0 Å². The number of rotatable bonds is 4. The van der Waals surface area contributed by atoms with Crippen molar-refractivity contribution in [1.82, 2.24) is 9.47 Å². The smallest absolute Gasteiger partial charge is 0.270 e. The minimum Gasteiger partial charge on any atom is -0.343 e. The minimum absolute atomic E-state index is 0.0518. The SMILES string of the molecule is CCn1cc(Br)cc1C(=O)N(C)Cc1cccs1. The molecule has 0 aliphatic rings. The Labute approximate surface area is 119 Å². The summed E-state index contributed by atoms with van der Waals surface area (Å²) in [7, 11) is 1.84. The Bertz CT molecular complexity index is 533. The molecule has 0 aliphatic carbocycles. The van der Waals surface area contributed by atoms with Gasteiger partial charge in [-0.3, -0.25) is 4.79 Å². The molecule has 0 aliphatic heterocycles. The van der Waals surface area contributed by atoms with Crippen molar-refractivity contribution in [3.8, 4) is 0 Å². The molecule has 0 radical (unpaired) electrons. The summed E-state index contributed by atoms with van der Waals surface area (Å²) in [5.74, 6) is 0.0518. The van der Waals surface area contributed by atoms with Crippen LogP contribution in [0.5, 0.6) is 0 Å². The van der Waals surface area contributed by atoms with Crippen LogP contribution in [-0.4, -0.2) is 22.4 Å². The molecule has 2 rings (SSSR count). The Kier molecular flexibility index (Phi) is 4.24. The molecule has 0 spiro atoms. The van der Waals surface area contributed by atoms with Crippen LogP contribution in [0.25, 0.3) is 0 Å². The van der Waals surface area contributed by atoms with E-state index in [4.69, 9.17) is 0 Å². The average molecular weight is 327 g/mol. The Morgan fingerprint density at radius 2 is 2.33 bits per heavy atom. The van der Waals surface area contributed by atoms with E-state index < -0.39 is 0 Å². The highest BCUT2D eigenvalue weighted by Crippen LogP contribution is 2.18. The van der Waals surface area contributed by atoms with Crippen molar-refractivity contribution in [2.24, 2.45) is 0 Å². The summed E-state index contributed by atoms with van der Waals surface area (Å²) in [5.41, 5.74) is 0.725. The van der Waals surface area contributed by atoms with Crippen LogP contribution in [0.3, 0.4) is 0 Å². The lowest BCUT2D eigenvalue weighted by Crippen LogP contribution is -2.27. The molecular weight excluding hydrogens is 312 g/mol. The zero-order valence-electron chi connectivity index (χ0n) is 10.4. The van der Waals surface area contributed by atoms with Crippen molar-refractivity contribution in [2.45, 2.75) is 20.0 Å². The molecule has 2 aromatic heterocycles. The first-order valence-corrected chi connectivity index (χ1v) is 7.42. The first kappa shape index (κ1) is 13.4. The third-order valence-corrected chi connectivity index (χ3v) is 4.04. The van der Waals surface area contributed by atoms with E-state index in [9.17, 15) is 4.79 Å². The van der Waals surface area contributed by atoms with Gasteiger partial charge in [0.25, 0.3) is 5.91 Å². The summed E-state index contributed by atoms with van der Waals surface area (Å²) in [6.45, 7) is 3.48. The van der Waals surface area contributed by atoms with Gasteiger partial charge in [0.15, 0.2) is 0 Å². The number of hydrogen-bond donors (Lipinski definition) is 0. The Balaban J connectivity index is 2.15. The zero-order chi connectivity index (χ0) is 13.1. The van der Waals surface area contributed by atoms with E-state index in [2.05, 4.69) is 15.9 Å². The lowest BCUT2D eigenvalue weighted by molar-refractivity contribution is 0.0776. The molecule has 0 atom stereocenters. The lowest BCUT2D eigenvalue weighted by Gasteiger charge is -2.17. The predicted molar refractivity (Wildman–Crippen MR) is 77.9 cm³/mol. The van der Waals surface area contributed by atoms with Crippen molar-refractivity contribution in [1.29, 1.82) is 0 Å². The van der Waals surface area contributed by atoms with Crippen molar-refractivity contribution < 1.29 is 4.79 Å². The van der Waals surface area contributed by atoms with E-state index in [0.29, 0.717) is 6.54 Å². The van der Waals surface area contributed by atoms with Gasteiger partial charge in [-0.05, 0) is 40.4 Å². The number of halogens is 1. The molecule has 0 saturated heterocycles. The van der Waals surface area contributed by atoms with Crippen LogP contribution in [0.15, 0.2) is 34.2 Å². The highest BCUT2D eigenvalue weighted by Gasteiger charge is 2.17. The molecule has 1 amide bonds. The molecule has 18 heavy (non-hydrogen) atoms. The molecule has 0 N–H and O–H groups in total. The predicted octanol–water partition coefficient (Wildman–Crippen LogP) is 3.60. The summed E-state index contributed by atoms with van der Waals surface area (Å²) in [6.07, 6.45) is 1.94. The maximum Gasteiger partial charge on any atom is 0.270 e. The van der Waals surface area contributed by atoms with Gasteiger partial charge in [0.2, 0.25) is 0 Å². The molecule has 5 heteroatoms. The second-order valence-electron chi connectivity index (χ2n) is 4.07. The van der Waals surface area contributed by atoms with Gasteiger partial charge in [0, 0.05) is 29.1 Å². The van der Waals surface area contributed by atoms with E-state index in [0.717, 1.165) is 16.7 Å². The molecule has 2 heterocycles. The van der Waals surface area contributed by atoms with E-state index in [1.807, 2.05) is 48.3 Å². The average Bonchev–Trinajstić information content (AvgIpc) is 2.97. The number of carbonyl (C=O) groups is 1. The number of hydrogen-bond acceptors (Lipinski definition) is 2. The van der Waals surface area contributed by atoms with Crippen molar-refractivity contribution in [3.63, 3.8) is 0 Å². The number of carbonyl (C=O) groups excluding carboxylic acids is 1. The van der Waals surface area contributed by atoms with Crippen LogP contribution in [-0.2, 0) is 13.1 Å². The number of aromatic nitrogens is 1. The fraction of sp³-hybridized carbons (Fsp3) is 0.308. The van der Waals surface area contributed by atoms with Gasteiger partial charge in [0.1, 0.15) is 5.69 Å². The summed E-state index contributed by atoms with van der Waals surface area (Å²) in [5, 5.41) is 2.03. The third-order valence-electron chi connectivity index (χ3n) is 2.74. The maximum absolute atomic E-state index is 12.4. The summed E-state index contributed by atoms with van der Waals surface area (Å²) in [4.78, 5) is 15.3. The van der Waals surface area contributed by atoms with Gasteiger partial charge in [-0.2, -0.15) is 0 Å². The van der Waals surface area contributed by atoms with Crippen LogP contribution in [0.2, 0.25) is 0 Å². The normalized spacial score (nSPS) is 10.6. The third kappa shape index (κ3) is 2.84. The summed E-state index contributed by atoms with van der Waals surface area (Å²) >= 11 is 5.08. The second-order valence-corrected chi connectivity index (χ2v) is 6.02. The Hall–Kier alpha value is -1.07. The van der Waals surface area contributed by atoms with Gasteiger partial charge >= 0.3 is 0 Å². The number of nitrogens with zero attached hydrogens (tertiary/aromatic N) is 2. The van der Waals surface area contributed by atoms with Gasteiger partial charge in [-0.25, -0.2) is 0 Å². The van der Waals surface area contributed by atoms with Crippen molar-refractivity contribution in [3.05, 3.63) is 44.8 Å². The highest BCUT2D eigenvalue weighted by atomic mass is 79.9. The second kappa shape index (κ2) is 5.71. The standard InChI is InChI=1S/C13H15BrN2OS/c1-3-16-8-10(14)7-12(16)13(17)15(2)9-11-5-4-6-18-11/h4-8H,3,9H2,1-2H3. The van der Waals surface area contributed by atoms with Gasteiger partial charge in [0.05, 0.1) is 6.54 Å². The molecule has 2 aromatic rings. The summed E-state index contributed by atoms with van der Waals surface area (Å²) < 4.78 is 2.90. The molecule has 0 bridgehead atoms. The van der Waals surface area contributed by atoms with Gasteiger partial charge < -0.3 is 9.47 Å². The van der Waals surface area contributed by atoms with Crippen molar-refractivity contribution >= 4 is 33.2 Å². The van der Waals surface area contributed by atoms with E-state index in [1.54, 1.807) is 16.2 Å². The number of amides is 1. The van der Waals surface area contributed by atoms with Crippen LogP contribution >= 0.6 is 27.3 Å². The molecule has 0 saturated carbocycles. The number of thiophene rings is 1. The van der Waals surface area contributed by atoms with Crippen molar-refractivity contribution in [2.75, 3.05) is 7.05 Å².